The Morgan fingerprint density at radius 1 is 1.14 bits per heavy atom. The molecule has 3 aliphatic rings. The summed E-state index contributed by atoms with van der Waals surface area (Å²) in [4.78, 5) is 39.0. The second-order valence-corrected chi connectivity index (χ2v) is 9.51. The minimum Gasteiger partial charge on any atom is -0.481 e. The number of anilines is 1. The van der Waals surface area contributed by atoms with Crippen molar-refractivity contribution < 1.29 is 24.2 Å². The molecule has 6 nitrogen and oxygen atoms in total. The van der Waals surface area contributed by atoms with Gasteiger partial charge < -0.3 is 15.2 Å². The number of esters is 1. The van der Waals surface area contributed by atoms with Crippen LogP contribution in [0.5, 0.6) is 0 Å². The van der Waals surface area contributed by atoms with Gasteiger partial charge in [0.05, 0.1) is 24.0 Å². The predicted octanol–water partition coefficient (Wildman–Crippen LogP) is 4.05. The van der Waals surface area contributed by atoms with Gasteiger partial charge in [-0.3, -0.25) is 9.59 Å². The third-order valence-electron chi connectivity index (χ3n) is 6.64. The van der Waals surface area contributed by atoms with Gasteiger partial charge >= 0.3 is 11.9 Å². The highest BCUT2D eigenvalue weighted by Crippen LogP contribution is 2.57. The lowest BCUT2D eigenvalue weighted by molar-refractivity contribution is -0.148. The lowest BCUT2D eigenvalue weighted by Crippen LogP contribution is -2.38. The summed E-state index contributed by atoms with van der Waals surface area (Å²) in [5.74, 6) is -2.97. The Morgan fingerprint density at radius 2 is 1.83 bits per heavy atom. The molecule has 2 N–H and O–H groups in total. The molecule has 0 aromatic carbocycles. The van der Waals surface area contributed by atoms with Crippen molar-refractivity contribution in [2.45, 2.75) is 52.9 Å². The van der Waals surface area contributed by atoms with Crippen LogP contribution in [0.15, 0.2) is 11.1 Å². The van der Waals surface area contributed by atoms with Gasteiger partial charge in [0.2, 0.25) is 5.91 Å². The van der Waals surface area contributed by atoms with Crippen molar-refractivity contribution in [3.63, 3.8) is 0 Å². The number of carbonyl (C=O) groups excluding carboxylic acids is 2. The van der Waals surface area contributed by atoms with E-state index in [9.17, 15) is 19.5 Å². The van der Waals surface area contributed by atoms with E-state index in [0.29, 0.717) is 10.6 Å². The number of allylic oxidation sites excluding steroid dienone is 2. The van der Waals surface area contributed by atoms with Gasteiger partial charge in [0.1, 0.15) is 5.00 Å². The van der Waals surface area contributed by atoms with Gasteiger partial charge in [-0.25, -0.2) is 4.79 Å². The summed E-state index contributed by atoms with van der Waals surface area (Å²) in [6.07, 6.45) is 4.38. The topological polar surface area (TPSA) is 92.7 Å². The Hall–Kier alpha value is -2.15. The van der Waals surface area contributed by atoms with E-state index in [2.05, 4.69) is 5.32 Å². The van der Waals surface area contributed by atoms with Gasteiger partial charge in [-0.1, -0.05) is 11.1 Å². The fourth-order valence-corrected chi connectivity index (χ4v) is 6.99. The molecule has 1 heterocycles. The number of thiophene rings is 1. The number of aryl methyl sites for hydroxylation is 1. The lowest BCUT2D eigenvalue weighted by Gasteiger charge is -2.26. The molecule has 1 amide bonds. The van der Waals surface area contributed by atoms with Crippen LogP contribution in [0, 0.1) is 23.7 Å². The van der Waals surface area contributed by atoms with E-state index in [0.717, 1.165) is 53.7 Å². The third-order valence-corrected chi connectivity index (χ3v) is 7.85. The number of carboxylic acids is 1. The minimum absolute atomic E-state index is 0.0241. The summed E-state index contributed by atoms with van der Waals surface area (Å²) < 4.78 is 5.23. The van der Waals surface area contributed by atoms with E-state index in [1.807, 2.05) is 13.8 Å². The Balaban J connectivity index is 1.66. The first-order valence-corrected chi connectivity index (χ1v) is 11.2. The van der Waals surface area contributed by atoms with Crippen LogP contribution >= 0.6 is 11.3 Å². The standard InChI is InChI=1S/C22H27NO5S/c1-4-28-22(27)18-11-6-5-7-14(11)29-20(18)23-19(24)16-12-8-9-13(15(12)10(2)3)17(16)21(25)26/h12-13,16-17H,4-9H2,1-3H3,(H,23,24)(H,25,26). The summed E-state index contributed by atoms with van der Waals surface area (Å²) in [6, 6.07) is 0. The van der Waals surface area contributed by atoms with Crippen molar-refractivity contribution >= 4 is 34.2 Å². The quantitative estimate of drug-likeness (QED) is 0.557. The van der Waals surface area contributed by atoms with Crippen LogP contribution in [0.25, 0.3) is 0 Å². The lowest BCUT2D eigenvalue weighted by atomic mass is 9.79. The molecule has 1 aromatic heterocycles. The Bertz CT molecular complexity index is 911. The molecule has 4 unspecified atom stereocenters. The number of hydrogen-bond donors (Lipinski definition) is 2. The van der Waals surface area contributed by atoms with Crippen molar-refractivity contribution in [2.75, 3.05) is 11.9 Å². The molecule has 0 saturated heterocycles. The molecule has 1 aromatic rings. The molecule has 156 valence electrons. The SMILES string of the molecule is CCOC(=O)c1c(NC(=O)C2C3CCC(C3=C(C)C)C2C(=O)O)sc2c1CCC2. The number of carboxylic acid groups (broad SMARTS) is 1. The molecular weight excluding hydrogens is 390 g/mol. The highest BCUT2D eigenvalue weighted by Gasteiger charge is 2.57. The van der Waals surface area contributed by atoms with Crippen molar-refractivity contribution in [3.8, 4) is 0 Å². The highest BCUT2D eigenvalue weighted by atomic mass is 32.1. The molecule has 3 aliphatic carbocycles. The van der Waals surface area contributed by atoms with Crippen molar-refractivity contribution in [1.82, 2.24) is 0 Å². The normalized spacial score (nSPS) is 27.1. The molecule has 4 atom stereocenters. The first-order chi connectivity index (χ1) is 13.8. The predicted molar refractivity (Wildman–Crippen MR) is 110 cm³/mol. The zero-order chi connectivity index (χ0) is 20.9. The van der Waals surface area contributed by atoms with E-state index in [1.54, 1.807) is 6.92 Å². The number of rotatable bonds is 5. The fraction of sp³-hybridized carbons (Fsp3) is 0.591. The van der Waals surface area contributed by atoms with Crippen LogP contribution in [-0.4, -0.2) is 29.6 Å². The molecule has 2 bridgehead atoms. The minimum atomic E-state index is -0.907. The smallest absolute Gasteiger partial charge is 0.341 e. The fourth-order valence-electron chi connectivity index (χ4n) is 5.71. The number of hydrogen-bond acceptors (Lipinski definition) is 5. The first kappa shape index (κ1) is 20.1. The van der Waals surface area contributed by atoms with E-state index in [4.69, 9.17) is 4.74 Å². The van der Waals surface area contributed by atoms with Gasteiger partial charge in [-0.15, -0.1) is 11.3 Å². The Labute approximate surface area is 174 Å². The average molecular weight is 418 g/mol. The number of aliphatic carboxylic acids is 1. The Kier molecular flexibility index (Phi) is 5.27. The summed E-state index contributed by atoms with van der Waals surface area (Å²) in [5, 5.41) is 13.3. The van der Waals surface area contributed by atoms with Crippen LogP contribution in [-0.2, 0) is 27.2 Å². The maximum Gasteiger partial charge on any atom is 0.341 e. The van der Waals surface area contributed by atoms with E-state index < -0.39 is 23.8 Å². The summed E-state index contributed by atoms with van der Waals surface area (Å²) in [7, 11) is 0. The first-order valence-electron chi connectivity index (χ1n) is 10.4. The molecule has 0 radical (unpaired) electrons. The van der Waals surface area contributed by atoms with Crippen LogP contribution in [0.1, 0.15) is 60.8 Å². The number of ether oxygens (including phenoxy) is 1. The van der Waals surface area contributed by atoms with Crippen LogP contribution < -0.4 is 5.32 Å². The maximum atomic E-state index is 13.3. The van der Waals surface area contributed by atoms with Gasteiger partial charge in [-0.05, 0) is 70.3 Å². The largest absolute Gasteiger partial charge is 0.481 e. The van der Waals surface area contributed by atoms with Gasteiger partial charge in [0.25, 0.3) is 0 Å². The van der Waals surface area contributed by atoms with E-state index in [-0.39, 0.29) is 24.3 Å². The maximum absolute atomic E-state index is 13.3. The van der Waals surface area contributed by atoms with Gasteiger partial charge in [-0.2, -0.15) is 0 Å². The van der Waals surface area contributed by atoms with Crippen molar-refractivity contribution in [2.24, 2.45) is 23.7 Å². The van der Waals surface area contributed by atoms with Crippen molar-refractivity contribution in [3.05, 3.63) is 27.2 Å². The number of fused-ring (bicyclic) bond motifs is 3. The molecular formula is C22H27NO5S. The number of amides is 1. The average Bonchev–Trinajstić information content (AvgIpc) is 3.39. The van der Waals surface area contributed by atoms with Crippen LogP contribution in [0.2, 0.25) is 0 Å². The zero-order valence-electron chi connectivity index (χ0n) is 17.0. The van der Waals surface area contributed by atoms with Gasteiger partial charge in [0.15, 0.2) is 0 Å². The number of nitrogens with one attached hydrogen (secondary N) is 1. The molecule has 29 heavy (non-hydrogen) atoms. The molecule has 2 saturated carbocycles. The molecule has 0 aliphatic heterocycles. The summed E-state index contributed by atoms with van der Waals surface area (Å²) in [6.45, 7) is 6.04. The molecule has 4 rings (SSSR count). The third kappa shape index (κ3) is 3.19. The second kappa shape index (κ2) is 7.59. The zero-order valence-corrected chi connectivity index (χ0v) is 17.9. The van der Waals surface area contributed by atoms with E-state index >= 15 is 0 Å². The molecule has 7 heteroatoms. The highest BCUT2D eigenvalue weighted by molar-refractivity contribution is 7.17. The Morgan fingerprint density at radius 3 is 2.45 bits per heavy atom. The summed E-state index contributed by atoms with van der Waals surface area (Å²) in [5.41, 5.74) is 3.73. The van der Waals surface area contributed by atoms with Gasteiger partial charge in [0, 0.05) is 4.88 Å². The van der Waals surface area contributed by atoms with Crippen LogP contribution in [0.3, 0.4) is 0 Å². The second-order valence-electron chi connectivity index (χ2n) is 8.41. The monoisotopic (exact) mass is 417 g/mol. The molecule has 2 fully saturated rings. The summed E-state index contributed by atoms with van der Waals surface area (Å²) >= 11 is 1.43. The number of carbonyl (C=O) groups is 3. The van der Waals surface area contributed by atoms with E-state index in [1.165, 1.54) is 11.3 Å². The van der Waals surface area contributed by atoms with Crippen molar-refractivity contribution in [1.29, 1.82) is 0 Å². The van der Waals surface area contributed by atoms with Crippen LogP contribution in [0.4, 0.5) is 5.00 Å². The molecule has 0 spiro atoms.